The van der Waals surface area contributed by atoms with E-state index >= 15 is 0 Å². The van der Waals surface area contributed by atoms with E-state index in [1.807, 2.05) is 45.8 Å². The maximum atomic E-state index is 10.8. The number of hydrogen-bond donors (Lipinski definition) is 6. The van der Waals surface area contributed by atoms with Crippen LogP contribution in [0.3, 0.4) is 0 Å². The molecule has 9 heteroatoms. The van der Waals surface area contributed by atoms with E-state index in [-0.39, 0.29) is 0 Å². The molecule has 0 aromatic carbocycles. The van der Waals surface area contributed by atoms with Crippen LogP contribution in [0, 0.1) is 0 Å². The van der Waals surface area contributed by atoms with Gasteiger partial charge in [-0.3, -0.25) is 0 Å². The predicted molar refractivity (Wildman–Crippen MR) is 187 cm³/mol. The van der Waals surface area contributed by atoms with Crippen LogP contribution >= 0.6 is 0 Å². The van der Waals surface area contributed by atoms with Gasteiger partial charge in [-0.2, -0.15) is 0 Å². The van der Waals surface area contributed by atoms with Gasteiger partial charge in [0.25, 0.3) is 11.6 Å². The summed E-state index contributed by atoms with van der Waals surface area (Å²) in [7, 11) is 0. The fourth-order valence-corrected chi connectivity index (χ4v) is 5.81. The maximum absolute atomic E-state index is 10.8. The van der Waals surface area contributed by atoms with Crippen LogP contribution in [0.15, 0.2) is 74.4 Å². The fraction of sp³-hybridized carbons (Fsp3) is 0.632. The fourth-order valence-electron chi connectivity index (χ4n) is 5.81. The normalized spacial score (nSPS) is 14.6. The maximum Gasteiger partial charge on any atom is 0.288 e. The first-order chi connectivity index (χ1) is 23.0. The van der Waals surface area contributed by atoms with Gasteiger partial charge in [0.1, 0.15) is 24.8 Å². The lowest BCUT2D eigenvalue weighted by atomic mass is 10.1. The lowest BCUT2D eigenvalue weighted by Crippen LogP contribution is -2.43. The van der Waals surface area contributed by atoms with Gasteiger partial charge in [0.05, 0.1) is 13.1 Å². The molecule has 2 heterocycles. The van der Waals surface area contributed by atoms with Crippen molar-refractivity contribution in [3.05, 3.63) is 86.1 Å². The molecule has 0 aliphatic rings. The van der Waals surface area contributed by atoms with E-state index < -0.39 is 24.8 Å². The van der Waals surface area contributed by atoms with E-state index in [0.29, 0.717) is 24.7 Å². The summed E-state index contributed by atoms with van der Waals surface area (Å²) in [6, 6.07) is 0. The Morgan fingerprint density at radius 3 is 1.26 bits per heavy atom. The molecule has 9 nitrogen and oxygen atoms in total. The standard InChI is InChI=1S/C38H62N4O5/c1-3-5-7-9-11-13-15-17-19-21-23-25-29-41-31-27-39-35(41)33(43)37(45)47-38(46)34(44)36-40-28-32-42(36)30-26-24-22-20-18-16-14-12-10-8-6-4-2/h3-8,27-28,31-34,37-38,43-46H,1-2,9-26,29-30H2/p+2. The Morgan fingerprint density at radius 1 is 0.553 bits per heavy atom. The summed E-state index contributed by atoms with van der Waals surface area (Å²) < 4.78 is 9.01. The largest absolute Gasteiger partial charge is 0.377 e. The molecule has 0 bridgehead atoms. The minimum atomic E-state index is -1.73. The Morgan fingerprint density at radius 2 is 0.894 bits per heavy atom. The van der Waals surface area contributed by atoms with Crippen molar-refractivity contribution in [2.24, 2.45) is 0 Å². The molecule has 0 saturated heterocycles. The Balaban J connectivity index is 1.64. The highest BCUT2D eigenvalue weighted by molar-refractivity contribution is 4.97. The summed E-state index contributed by atoms with van der Waals surface area (Å²) >= 11 is 0. The lowest BCUT2D eigenvalue weighted by molar-refractivity contribution is -0.709. The molecular formula is C38H64N4O5+2. The minimum absolute atomic E-state index is 0.389. The molecule has 2 aromatic rings. The molecule has 2 aromatic heterocycles. The topological polar surface area (TPSA) is 129 Å². The van der Waals surface area contributed by atoms with Gasteiger partial charge in [0, 0.05) is 0 Å². The van der Waals surface area contributed by atoms with E-state index in [2.05, 4.69) is 35.3 Å². The third kappa shape index (κ3) is 17.2. The van der Waals surface area contributed by atoms with Gasteiger partial charge in [-0.1, -0.05) is 114 Å². The first-order valence-electron chi connectivity index (χ1n) is 18.1. The number of nitrogens with zero attached hydrogens (tertiary/aromatic N) is 2. The number of aromatic amines is 2. The molecule has 0 aliphatic heterocycles. The van der Waals surface area contributed by atoms with Gasteiger partial charge in [0.2, 0.25) is 12.2 Å². The molecular weight excluding hydrogens is 592 g/mol. The SMILES string of the molecule is C=CC=CCCCCCCCCCC[n+]1cc[nH]c1C(O)C(O)OC(O)C(O)c1[nH]cc[n+]1CCCCCCCCCCC=CC=C. The second kappa shape index (κ2) is 26.2. The zero-order valence-electron chi connectivity index (χ0n) is 28.7. The third-order valence-electron chi connectivity index (χ3n) is 8.55. The van der Waals surface area contributed by atoms with Gasteiger partial charge in [0.15, 0.2) is 12.6 Å². The van der Waals surface area contributed by atoms with Crippen molar-refractivity contribution < 1.29 is 34.3 Å². The van der Waals surface area contributed by atoms with Crippen molar-refractivity contribution in [1.82, 2.24) is 9.97 Å². The number of imidazole rings is 2. The summed E-state index contributed by atoms with van der Waals surface area (Å²) in [5, 5.41) is 42.8. The Bertz CT molecular complexity index is 1040. The number of aryl methyl sites for hydroxylation is 2. The van der Waals surface area contributed by atoms with Crippen LogP contribution in [-0.4, -0.2) is 43.0 Å². The minimum Gasteiger partial charge on any atom is -0.377 e. The van der Waals surface area contributed by atoms with Crippen molar-refractivity contribution in [3.63, 3.8) is 0 Å². The number of unbranched alkanes of at least 4 members (excludes halogenated alkanes) is 16. The number of ether oxygens (including phenoxy) is 1. The summed E-state index contributed by atoms with van der Waals surface area (Å²) in [6.45, 7) is 8.77. The second-order valence-electron chi connectivity index (χ2n) is 12.4. The summed E-state index contributed by atoms with van der Waals surface area (Å²) in [6.07, 6.45) is 33.9. The van der Waals surface area contributed by atoms with Crippen LogP contribution < -0.4 is 9.13 Å². The van der Waals surface area contributed by atoms with Crippen molar-refractivity contribution in [3.8, 4) is 0 Å². The molecule has 2 rings (SSSR count). The molecule has 0 radical (unpaired) electrons. The van der Waals surface area contributed by atoms with Gasteiger partial charge in [-0.05, 0) is 51.4 Å². The molecule has 0 spiro atoms. The molecule has 6 N–H and O–H groups in total. The summed E-state index contributed by atoms with van der Waals surface area (Å²) in [5.41, 5.74) is 0. The molecule has 0 aliphatic carbocycles. The highest BCUT2D eigenvalue weighted by Gasteiger charge is 2.35. The number of hydrogen-bond acceptors (Lipinski definition) is 5. The monoisotopic (exact) mass is 656 g/mol. The van der Waals surface area contributed by atoms with E-state index in [1.165, 1.54) is 77.0 Å². The van der Waals surface area contributed by atoms with Crippen LogP contribution in [0.2, 0.25) is 0 Å². The van der Waals surface area contributed by atoms with E-state index in [1.54, 1.807) is 12.4 Å². The Hall–Kier alpha value is -2.82. The number of aliphatic hydroxyl groups excluding tert-OH is 4. The van der Waals surface area contributed by atoms with E-state index in [9.17, 15) is 20.4 Å². The van der Waals surface area contributed by atoms with Gasteiger partial charge in [-0.15, -0.1) is 0 Å². The molecule has 47 heavy (non-hydrogen) atoms. The Labute approximate surface area is 283 Å². The second-order valence-corrected chi connectivity index (χ2v) is 12.4. The first-order valence-corrected chi connectivity index (χ1v) is 18.1. The van der Waals surface area contributed by atoms with Crippen LogP contribution in [0.5, 0.6) is 0 Å². The van der Waals surface area contributed by atoms with E-state index in [4.69, 9.17) is 4.74 Å². The number of aliphatic hydroxyl groups is 4. The van der Waals surface area contributed by atoms with Crippen molar-refractivity contribution in [2.75, 3.05) is 0 Å². The molecule has 4 atom stereocenters. The molecule has 0 saturated carbocycles. The zero-order chi connectivity index (χ0) is 34.0. The Kier molecular flexibility index (Phi) is 22.5. The number of H-pyrrole nitrogens is 2. The lowest BCUT2D eigenvalue weighted by Gasteiger charge is -2.21. The quantitative estimate of drug-likeness (QED) is 0.0237. The average Bonchev–Trinajstić information content (AvgIpc) is 3.75. The van der Waals surface area contributed by atoms with Gasteiger partial charge >= 0.3 is 0 Å². The summed E-state index contributed by atoms with van der Waals surface area (Å²) in [5.74, 6) is 0.778. The average molecular weight is 657 g/mol. The van der Waals surface area contributed by atoms with Gasteiger partial charge in [-0.25, -0.2) is 19.1 Å². The molecule has 0 amide bonds. The number of allylic oxidation sites excluding steroid dienone is 6. The molecule has 0 fully saturated rings. The van der Waals surface area contributed by atoms with Crippen LogP contribution in [0.1, 0.15) is 139 Å². The van der Waals surface area contributed by atoms with Gasteiger partial charge < -0.3 is 25.2 Å². The first kappa shape index (κ1) is 40.4. The molecule has 4 unspecified atom stereocenters. The van der Waals surface area contributed by atoms with Crippen LogP contribution in [0.4, 0.5) is 0 Å². The summed E-state index contributed by atoms with van der Waals surface area (Å²) in [4.78, 5) is 5.96. The number of aromatic nitrogens is 4. The third-order valence-corrected chi connectivity index (χ3v) is 8.55. The van der Waals surface area contributed by atoms with Crippen molar-refractivity contribution in [1.29, 1.82) is 0 Å². The van der Waals surface area contributed by atoms with Crippen LogP contribution in [0.25, 0.3) is 0 Å². The number of nitrogens with one attached hydrogen (secondary N) is 2. The number of rotatable bonds is 30. The van der Waals surface area contributed by atoms with E-state index in [0.717, 1.165) is 38.5 Å². The van der Waals surface area contributed by atoms with Crippen molar-refractivity contribution >= 4 is 0 Å². The predicted octanol–water partition coefficient (Wildman–Crippen LogP) is 6.84. The highest BCUT2D eigenvalue weighted by Crippen LogP contribution is 2.20. The van der Waals surface area contributed by atoms with Crippen molar-refractivity contribution in [2.45, 2.75) is 153 Å². The van der Waals surface area contributed by atoms with Crippen LogP contribution in [-0.2, 0) is 17.8 Å². The molecule has 264 valence electrons. The highest BCUT2D eigenvalue weighted by atomic mass is 16.7. The zero-order valence-corrected chi connectivity index (χ0v) is 28.7. The smallest absolute Gasteiger partial charge is 0.288 e.